The second-order valence-electron chi connectivity index (χ2n) is 7.15. The number of nitrogens with zero attached hydrogens (tertiary/aromatic N) is 2. The van der Waals surface area contributed by atoms with Crippen LogP contribution in [0.3, 0.4) is 0 Å². The Hall–Kier alpha value is -2.41. The van der Waals surface area contributed by atoms with Gasteiger partial charge in [0.15, 0.2) is 0 Å². The Kier molecular flexibility index (Phi) is 7.03. The van der Waals surface area contributed by atoms with Gasteiger partial charge in [-0.05, 0) is 37.0 Å². The van der Waals surface area contributed by atoms with E-state index in [4.69, 9.17) is 4.98 Å². The number of carbonyl (C=O) groups excluding carboxylic acids is 2. The van der Waals surface area contributed by atoms with Gasteiger partial charge in [0.1, 0.15) is 0 Å². The monoisotopic (exact) mass is 400 g/mol. The normalized spacial score (nSPS) is 14.7. The zero-order valence-electron chi connectivity index (χ0n) is 16.5. The van der Waals surface area contributed by atoms with Gasteiger partial charge in [0.2, 0.25) is 5.91 Å². The molecule has 0 unspecified atom stereocenters. The SMILES string of the molecule is CCc1ccc(NC(=O)N2CCC(c3nc(CCNC(C)=O)cs3)CC2)cc1. The average molecular weight is 401 g/mol. The molecule has 150 valence electrons. The summed E-state index contributed by atoms with van der Waals surface area (Å²) < 4.78 is 0. The second kappa shape index (κ2) is 9.68. The van der Waals surface area contributed by atoms with E-state index in [-0.39, 0.29) is 11.9 Å². The number of urea groups is 1. The van der Waals surface area contributed by atoms with Gasteiger partial charge < -0.3 is 15.5 Å². The number of aromatic nitrogens is 1. The first-order chi connectivity index (χ1) is 13.5. The van der Waals surface area contributed by atoms with Crippen LogP contribution in [-0.4, -0.2) is 41.5 Å². The summed E-state index contributed by atoms with van der Waals surface area (Å²) in [6, 6.07) is 7.99. The van der Waals surface area contributed by atoms with Crippen LogP contribution >= 0.6 is 11.3 Å². The van der Waals surface area contributed by atoms with Crippen molar-refractivity contribution >= 4 is 29.0 Å². The first-order valence-corrected chi connectivity index (χ1v) is 10.8. The van der Waals surface area contributed by atoms with Crippen LogP contribution in [0.1, 0.15) is 48.9 Å². The van der Waals surface area contributed by atoms with Crippen LogP contribution in [-0.2, 0) is 17.6 Å². The number of anilines is 1. The number of hydrogen-bond acceptors (Lipinski definition) is 4. The fourth-order valence-corrected chi connectivity index (χ4v) is 4.37. The van der Waals surface area contributed by atoms with E-state index in [1.807, 2.05) is 29.2 Å². The van der Waals surface area contributed by atoms with Crippen LogP contribution in [0.4, 0.5) is 10.5 Å². The first kappa shape index (κ1) is 20.3. The topological polar surface area (TPSA) is 74.3 Å². The van der Waals surface area contributed by atoms with E-state index < -0.39 is 0 Å². The molecule has 1 aromatic carbocycles. The number of thiazole rings is 1. The summed E-state index contributed by atoms with van der Waals surface area (Å²) in [4.78, 5) is 30.1. The van der Waals surface area contributed by atoms with Crippen molar-refractivity contribution < 1.29 is 9.59 Å². The van der Waals surface area contributed by atoms with Crippen molar-refractivity contribution in [1.29, 1.82) is 0 Å². The van der Waals surface area contributed by atoms with Crippen LogP contribution in [0, 0.1) is 0 Å². The molecule has 1 saturated heterocycles. The largest absolute Gasteiger partial charge is 0.356 e. The van der Waals surface area contributed by atoms with Crippen molar-refractivity contribution in [2.75, 3.05) is 25.0 Å². The van der Waals surface area contributed by atoms with Crippen LogP contribution in [0.2, 0.25) is 0 Å². The molecule has 3 amide bonds. The average Bonchev–Trinajstić information content (AvgIpc) is 3.17. The summed E-state index contributed by atoms with van der Waals surface area (Å²) in [7, 11) is 0. The lowest BCUT2D eigenvalue weighted by Gasteiger charge is -2.31. The molecule has 1 aliphatic rings. The number of rotatable bonds is 6. The molecule has 28 heavy (non-hydrogen) atoms. The summed E-state index contributed by atoms with van der Waals surface area (Å²) in [5, 5.41) is 9.02. The Balaban J connectivity index is 1.46. The number of nitrogens with one attached hydrogen (secondary N) is 2. The van der Waals surface area contributed by atoms with Crippen molar-refractivity contribution in [3.63, 3.8) is 0 Å². The fourth-order valence-electron chi connectivity index (χ4n) is 3.35. The third kappa shape index (κ3) is 5.55. The van der Waals surface area contributed by atoms with Crippen molar-refractivity contribution in [1.82, 2.24) is 15.2 Å². The van der Waals surface area contributed by atoms with Crippen molar-refractivity contribution in [2.24, 2.45) is 0 Å². The summed E-state index contributed by atoms with van der Waals surface area (Å²) in [6.45, 7) is 5.74. The van der Waals surface area contributed by atoms with E-state index >= 15 is 0 Å². The van der Waals surface area contributed by atoms with Gasteiger partial charge in [-0.15, -0.1) is 11.3 Å². The van der Waals surface area contributed by atoms with E-state index in [9.17, 15) is 9.59 Å². The number of likely N-dealkylation sites (tertiary alicyclic amines) is 1. The van der Waals surface area contributed by atoms with E-state index in [0.717, 1.165) is 55.2 Å². The minimum Gasteiger partial charge on any atom is -0.356 e. The highest BCUT2D eigenvalue weighted by molar-refractivity contribution is 7.09. The van der Waals surface area contributed by atoms with Gasteiger partial charge in [0, 0.05) is 50.0 Å². The van der Waals surface area contributed by atoms with Crippen LogP contribution in [0.25, 0.3) is 0 Å². The quantitative estimate of drug-likeness (QED) is 0.775. The van der Waals surface area contributed by atoms with E-state index in [1.54, 1.807) is 11.3 Å². The van der Waals surface area contributed by atoms with Gasteiger partial charge >= 0.3 is 6.03 Å². The van der Waals surface area contributed by atoms with Gasteiger partial charge in [0.25, 0.3) is 0 Å². The summed E-state index contributed by atoms with van der Waals surface area (Å²) >= 11 is 1.69. The molecule has 2 aromatic rings. The zero-order chi connectivity index (χ0) is 19.9. The van der Waals surface area contributed by atoms with Gasteiger partial charge in [-0.3, -0.25) is 4.79 Å². The molecule has 1 fully saturated rings. The van der Waals surface area contributed by atoms with E-state index in [2.05, 4.69) is 22.9 Å². The number of piperidine rings is 1. The van der Waals surface area contributed by atoms with Gasteiger partial charge in [0.05, 0.1) is 10.7 Å². The molecule has 2 N–H and O–H groups in total. The van der Waals surface area contributed by atoms with Crippen LogP contribution in [0.5, 0.6) is 0 Å². The van der Waals surface area contributed by atoms with Gasteiger partial charge in [-0.2, -0.15) is 0 Å². The standard InChI is InChI=1S/C21H28N4O2S/c1-3-16-4-6-18(7-5-16)24-21(27)25-12-9-17(10-13-25)20-23-19(14-28-20)8-11-22-15(2)26/h4-7,14,17H,3,8-13H2,1-2H3,(H,22,26)(H,24,27). The highest BCUT2D eigenvalue weighted by Crippen LogP contribution is 2.30. The first-order valence-electron chi connectivity index (χ1n) is 9.88. The van der Waals surface area contributed by atoms with Crippen LogP contribution < -0.4 is 10.6 Å². The van der Waals surface area contributed by atoms with E-state index in [1.165, 1.54) is 12.5 Å². The third-order valence-electron chi connectivity index (χ3n) is 5.07. The number of hydrogen-bond donors (Lipinski definition) is 2. The number of aryl methyl sites for hydroxylation is 1. The summed E-state index contributed by atoms with van der Waals surface area (Å²) in [5.41, 5.74) is 3.14. The highest BCUT2D eigenvalue weighted by atomic mass is 32.1. The summed E-state index contributed by atoms with van der Waals surface area (Å²) in [6.07, 6.45) is 3.61. The van der Waals surface area contributed by atoms with E-state index in [0.29, 0.717) is 12.5 Å². The van der Waals surface area contributed by atoms with Gasteiger partial charge in [-0.25, -0.2) is 9.78 Å². The maximum absolute atomic E-state index is 12.5. The molecule has 0 radical (unpaired) electrons. The lowest BCUT2D eigenvalue weighted by atomic mass is 9.98. The molecule has 0 saturated carbocycles. The minimum absolute atomic E-state index is 0.0117. The third-order valence-corrected chi connectivity index (χ3v) is 6.13. The molecule has 2 heterocycles. The Bertz CT molecular complexity index is 795. The zero-order valence-corrected chi connectivity index (χ0v) is 17.3. The van der Waals surface area contributed by atoms with Crippen molar-refractivity contribution in [3.05, 3.63) is 45.9 Å². The predicted molar refractivity (Wildman–Crippen MR) is 113 cm³/mol. The van der Waals surface area contributed by atoms with Crippen molar-refractivity contribution in [3.8, 4) is 0 Å². The lowest BCUT2D eigenvalue weighted by molar-refractivity contribution is -0.118. The Morgan fingerprint density at radius 3 is 2.57 bits per heavy atom. The Morgan fingerprint density at radius 1 is 1.21 bits per heavy atom. The van der Waals surface area contributed by atoms with Gasteiger partial charge in [-0.1, -0.05) is 19.1 Å². The minimum atomic E-state index is -0.0298. The van der Waals surface area contributed by atoms with Crippen molar-refractivity contribution in [2.45, 2.75) is 45.4 Å². The molecule has 6 nitrogen and oxygen atoms in total. The molecule has 0 aliphatic carbocycles. The lowest BCUT2D eigenvalue weighted by Crippen LogP contribution is -2.40. The molecule has 0 bridgehead atoms. The summed E-state index contributed by atoms with van der Waals surface area (Å²) in [5.74, 6) is 0.398. The molecule has 1 aromatic heterocycles. The highest BCUT2D eigenvalue weighted by Gasteiger charge is 2.25. The molecule has 3 rings (SSSR count). The molecular formula is C21H28N4O2S. The maximum atomic E-state index is 12.5. The fraction of sp³-hybridized carbons (Fsp3) is 0.476. The number of carbonyl (C=O) groups is 2. The smallest absolute Gasteiger partial charge is 0.321 e. The molecule has 7 heteroatoms. The Labute approximate surface area is 170 Å². The molecule has 0 atom stereocenters. The van der Waals surface area contributed by atoms with Crippen LogP contribution in [0.15, 0.2) is 29.6 Å². The second-order valence-corrected chi connectivity index (χ2v) is 8.04. The molecular weight excluding hydrogens is 372 g/mol. The Morgan fingerprint density at radius 2 is 1.93 bits per heavy atom. The number of benzene rings is 1. The predicted octanol–water partition coefficient (Wildman–Crippen LogP) is 3.80. The molecule has 1 aliphatic heterocycles. The maximum Gasteiger partial charge on any atom is 0.321 e. The molecule has 0 spiro atoms. The number of amides is 3.